The number of fused-ring (bicyclic) bond motifs is 2. The highest BCUT2D eigenvalue weighted by Gasteiger charge is 2.34. The molecule has 0 spiro atoms. The average molecular weight is 447 g/mol. The molecule has 1 aliphatic rings. The Bertz CT molecular complexity index is 1290. The van der Waals surface area contributed by atoms with Gasteiger partial charge in [0.05, 0.1) is 22.9 Å². The number of nitrogens with zero attached hydrogens (tertiary/aromatic N) is 2. The Morgan fingerprint density at radius 1 is 1.19 bits per heavy atom. The Labute approximate surface area is 189 Å². The first-order valence-corrected chi connectivity index (χ1v) is 11.5. The molecule has 3 heterocycles. The number of hydrogen-bond donors (Lipinski definition) is 0. The minimum atomic E-state index is -0.674. The van der Waals surface area contributed by atoms with E-state index < -0.39 is 6.10 Å². The Morgan fingerprint density at radius 2 is 2.03 bits per heavy atom. The van der Waals surface area contributed by atoms with Gasteiger partial charge in [-0.05, 0) is 50.1 Å². The molecule has 6 nitrogen and oxygen atoms in total. The number of ether oxygens (including phenoxy) is 1. The third kappa shape index (κ3) is 3.69. The zero-order chi connectivity index (χ0) is 22.2. The molecule has 0 radical (unpaired) electrons. The van der Waals surface area contributed by atoms with Gasteiger partial charge in [-0.15, -0.1) is 11.3 Å². The molecule has 4 aromatic rings. The summed E-state index contributed by atoms with van der Waals surface area (Å²) in [6, 6.07) is 14.8. The molecule has 7 heteroatoms. The van der Waals surface area contributed by atoms with Crippen molar-refractivity contribution in [2.24, 2.45) is 0 Å². The van der Waals surface area contributed by atoms with Crippen LogP contribution in [-0.4, -0.2) is 29.3 Å². The van der Waals surface area contributed by atoms with Crippen LogP contribution in [0.1, 0.15) is 35.8 Å². The summed E-state index contributed by atoms with van der Waals surface area (Å²) in [5.41, 5.74) is 2.96. The van der Waals surface area contributed by atoms with Crippen molar-refractivity contribution >= 4 is 39.7 Å². The summed E-state index contributed by atoms with van der Waals surface area (Å²) in [4.78, 5) is 32.2. The number of benzene rings is 2. The molecule has 32 heavy (non-hydrogen) atoms. The van der Waals surface area contributed by atoms with Crippen LogP contribution in [0.2, 0.25) is 0 Å². The van der Waals surface area contributed by atoms with Crippen molar-refractivity contribution in [3.63, 3.8) is 0 Å². The van der Waals surface area contributed by atoms with Gasteiger partial charge in [0.2, 0.25) is 5.78 Å². The number of ketones is 1. The molecule has 1 amide bonds. The minimum Gasteiger partial charge on any atom is -0.479 e. The van der Waals surface area contributed by atoms with E-state index in [0.717, 1.165) is 34.5 Å². The number of aryl methyl sites for hydroxylation is 1. The molecule has 0 fully saturated rings. The van der Waals surface area contributed by atoms with Gasteiger partial charge in [0.25, 0.3) is 5.91 Å². The molecule has 0 saturated heterocycles. The van der Waals surface area contributed by atoms with Crippen molar-refractivity contribution in [2.45, 2.75) is 32.8 Å². The van der Waals surface area contributed by atoms with Crippen LogP contribution >= 0.6 is 11.3 Å². The number of rotatable bonds is 6. The Hall–Kier alpha value is -3.45. The van der Waals surface area contributed by atoms with E-state index in [0.29, 0.717) is 17.0 Å². The number of aromatic nitrogens is 1. The van der Waals surface area contributed by atoms with Crippen LogP contribution in [0.3, 0.4) is 0 Å². The second-order valence-corrected chi connectivity index (χ2v) is 8.76. The topological polar surface area (TPSA) is 72.6 Å². The lowest BCUT2D eigenvalue weighted by Crippen LogP contribution is -2.46. The number of amides is 1. The van der Waals surface area contributed by atoms with E-state index in [2.05, 4.69) is 6.92 Å². The maximum Gasteiger partial charge on any atom is 0.268 e. The van der Waals surface area contributed by atoms with Gasteiger partial charge in [-0.3, -0.25) is 14.5 Å². The Morgan fingerprint density at radius 3 is 2.84 bits per heavy atom. The summed E-state index contributed by atoms with van der Waals surface area (Å²) in [7, 11) is 0. The predicted octanol–water partition coefficient (Wildman–Crippen LogP) is 5.51. The third-order valence-corrected chi connectivity index (χ3v) is 6.39. The lowest BCUT2D eigenvalue weighted by molar-refractivity contribution is -0.125. The second-order valence-electron chi connectivity index (χ2n) is 7.82. The van der Waals surface area contributed by atoms with Gasteiger partial charge in [-0.1, -0.05) is 25.1 Å². The van der Waals surface area contributed by atoms with Gasteiger partial charge < -0.3 is 9.15 Å². The van der Waals surface area contributed by atoms with Crippen LogP contribution in [0.5, 0.6) is 5.75 Å². The number of para-hydroxylation sites is 1. The van der Waals surface area contributed by atoms with E-state index in [1.807, 2.05) is 47.8 Å². The van der Waals surface area contributed by atoms with Gasteiger partial charge in [-0.25, -0.2) is 4.98 Å². The minimum absolute atomic E-state index is 0.124. The summed E-state index contributed by atoms with van der Waals surface area (Å²) >= 11 is 1.63. The monoisotopic (exact) mass is 446 g/mol. The number of thiazole rings is 1. The molecule has 0 N–H and O–H groups in total. The zero-order valence-corrected chi connectivity index (χ0v) is 18.6. The number of hydrogen-bond acceptors (Lipinski definition) is 6. The van der Waals surface area contributed by atoms with Crippen LogP contribution < -0.4 is 9.64 Å². The SMILES string of the molecule is CCCc1nc(-c2ccc3c(c2)N(CC(=O)c2cc4ccccc4o2)C(=O)C(C)O3)cs1. The largest absolute Gasteiger partial charge is 0.479 e. The summed E-state index contributed by atoms with van der Waals surface area (Å²) in [5, 5.41) is 3.95. The first-order valence-electron chi connectivity index (χ1n) is 10.6. The van der Waals surface area contributed by atoms with Crippen molar-refractivity contribution in [3.05, 3.63) is 64.7 Å². The molecule has 5 rings (SSSR count). The maximum atomic E-state index is 13.0. The second kappa shape index (κ2) is 8.24. The van der Waals surface area contributed by atoms with E-state index in [9.17, 15) is 9.59 Å². The summed E-state index contributed by atoms with van der Waals surface area (Å²) < 4.78 is 11.5. The lowest BCUT2D eigenvalue weighted by atomic mass is 10.1. The van der Waals surface area contributed by atoms with E-state index in [1.165, 1.54) is 4.90 Å². The van der Waals surface area contributed by atoms with Crippen LogP contribution in [0.15, 0.2) is 58.3 Å². The highest BCUT2D eigenvalue weighted by Crippen LogP contribution is 2.38. The average Bonchev–Trinajstić information content (AvgIpc) is 3.44. The molecule has 1 aliphatic heterocycles. The molecule has 0 bridgehead atoms. The van der Waals surface area contributed by atoms with Crippen molar-refractivity contribution in [3.8, 4) is 17.0 Å². The molecule has 0 aliphatic carbocycles. The zero-order valence-electron chi connectivity index (χ0n) is 17.8. The molecule has 1 atom stereocenters. The number of Topliss-reactive ketones (excluding diaryl/α,β-unsaturated/α-hetero) is 1. The van der Waals surface area contributed by atoms with Gasteiger partial charge in [0.1, 0.15) is 11.3 Å². The van der Waals surface area contributed by atoms with Crippen LogP contribution in [-0.2, 0) is 11.2 Å². The molecule has 2 aromatic heterocycles. The van der Waals surface area contributed by atoms with Crippen LogP contribution in [0.25, 0.3) is 22.2 Å². The maximum absolute atomic E-state index is 13.0. The number of carbonyl (C=O) groups is 2. The van der Waals surface area contributed by atoms with E-state index >= 15 is 0 Å². The summed E-state index contributed by atoms with van der Waals surface area (Å²) in [6.45, 7) is 3.69. The van der Waals surface area contributed by atoms with Gasteiger partial charge in [0, 0.05) is 16.3 Å². The fraction of sp³-hybridized carbons (Fsp3) is 0.240. The number of carbonyl (C=O) groups excluding carboxylic acids is 2. The standard InChI is InChI=1S/C25H22N2O4S/c1-3-6-24-26-18(14-32-24)16-9-10-22-19(11-16)27(25(29)15(2)30-22)13-20(28)23-12-17-7-4-5-8-21(17)31-23/h4-5,7-12,14-15H,3,6,13H2,1-2H3. The molecule has 1 unspecified atom stereocenters. The summed E-state index contributed by atoms with van der Waals surface area (Å²) in [6.07, 6.45) is 1.30. The normalized spacial score (nSPS) is 15.6. The smallest absolute Gasteiger partial charge is 0.268 e. The molecule has 2 aromatic carbocycles. The molecule has 0 saturated carbocycles. The Kier molecular flexibility index (Phi) is 5.27. The molecule has 162 valence electrons. The first kappa shape index (κ1) is 20.5. The van der Waals surface area contributed by atoms with Crippen molar-refractivity contribution in [2.75, 3.05) is 11.4 Å². The fourth-order valence-electron chi connectivity index (χ4n) is 3.84. The predicted molar refractivity (Wildman–Crippen MR) is 125 cm³/mol. The van der Waals surface area contributed by atoms with Crippen LogP contribution in [0.4, 0.5) is 5.69 Å². The third-order valence-electron chi connectivity index (χ3n) is 5.48. The summed E-state index contributed by atoms with van der Waals surface area (Å²) in [5.74, 6) is 0.282. The number of anilines is 1. The van der Waals surface area contributed by atoms with E-state index in [-0.39, 0.29) is 24.0 Å². The highest BCUT2D eigenvalue weighted by atomic mass is 32.1. The van der Waals surface area contributed by atoms with Gasteiger partial charge in [-0.2, -0.15) is 0 Å². The fourth-order valence-corrected chi connectivity index (χ4v) is 4.75. The van der Waals surface area contributed by atoms with Crippen molar-refractivity contribution < 1.29 is 18.7 Å². The van der Waals surface area contributed by atoms with Crippen molar-refractivity contribution in [1.82, 2.24) is 4.98 Å². The first-order chi connectivity index (χ1) is 15.5. The Balaban J connectivity index is 1.48. The van der Waals surface area contributed by atoms with Gasteiger partial charge in [0.15, 0.2) is 11.9 Å². The quantitative estimate of drug-likeness (QED) is 0.365. The number of furan rings is 1. The lowest BCUT2D eigenvalue weighted by Gasteiger charge is -2.32. The molecular formula is C25H22N2O4S. The van der Waals surface area contributed by atoms with E-state index in [4.69, 9.17) is 14.1 Å². The van der Waals surface area contributed by atoms with Crippen molar-refractivity contribution in [1.29, 1.82) is 0 Å². The molecular weight excluding hydrogens is 424 g/mol. The van der Waals surface area contributed by atoms with Gasteiger partial charge >= 0.3 is 0 Å². The van der Waals surface area contributed by atoms with E-state index in [1.54, 1.807) is 24.3 Å². The highest BCUT2D eigenvalue weighted by molar-refractivity contribution is 7.09. The van der Waals surface area contributed by atoms with Crippen LogP contribution in [0, 0.1) is 0 Å².